The molecule has 0 amide bonds. The average Bonchev–Trinajstić information content (AvgIpc) is 3.13. The van der Waals surface area contributed by atoms with Crippen molar-refractivity contribution in [1.82, 2.24) is 7.12 Å². The number of nitrogens with zero attached hydrogens (tertiary/aromatic N) is 2. The van der Waals surface area contributed by atoms with Crippen LogP contribution in [-0.4, -0.2) is 36.6 Å². The van der Waals surface area contributed by atoms with E-state index in [9.17, 15) is 9.59 Å². The Hall–Kier alpha value is -0.621. The molecule has 4 aromatic rings. The summed E-state index contributed by atoms with van der Waals surface area (Å²) in [4.78, 5) is 25.0. The van der Waals surface area contributed by atoms with Crippen LogP contribution in [0.2, 0.25) is 0 Å². The fourth-order valence-electron chi connectivity index (χ4n) is 3.07. The second kappa shape index (κ2) is 8.40. The molecule has 8 heteroatoms. The number of fused-ring (bicyclic) bond motifs is 2. The molecule has 140 valence electrons. The van der Waals surface area contributed by atoms with Gasteiger partial charge in [0.25, 0.3) is 0 Å². The fraction of sp³-hybridized carbons (Fsp3) is 0.263. The van der Waals surface area contributed by atoms with Gasteiger partial charge in [-0.1, -0.05) is 0 Å². The van der Waals surface area contributed by atoms with E-state index in [0.717, 1.165) is 52.1 Å². The first-order valence-electron chi connectivity index (χ1n) is 8.62. The molecule has 0 atom stereocenters. The zero-order valence-electron chi connectivity index (χ0n) is 14.3. The quantitative estimate of drug-likeness (QED) is 0.243. The van der Waals surface area contributed by atoms with Crippen molar-refractivity contribution in [3.05, 3.63) is 66.1 Å². The molecule has 0 radical (unpaired) electrons. The Kier molecular flexibility index (Phi) is 6.12. The van der Waals surface area contributed by atoms with E-state index in [4.69, 9.17) is 0 Å². The molecule has 0 aliphatic carbocycles. The molecule has 4 nitrogen and oxygen atoms in total. The maximum absolute atomic E-state index is 12.5. The van der Waals surface area contributed by atoms with Gasteiger partial charge < -0.3 is 0 Å². The van der Waals surface area contributed by atoms with E-state index in [1.807, 2.05) is 31.4 Å². The molecule has 0 saturated heterocycles. The summed E-state index contributed by atoms with van der Waals surface area (Å²) in [6.07, 6.45) is 2.99. The van der Waals surface area contributed by atoms with Crippen molar-refractivity contribution in [3.63, 3.8) is 0 Å². The molecule has 0 aliphatic rings. The Bertz CT molecular complexity index is 1140. The summed E-state index contributed by atoms with van der Waals surface area (Å²) in [5.41, 5.74) is 0.316. The van der Waals surface area contributed by atoms with Crippen LogP contribution in [0.5, 0.6) is 0 Å². The molecular weight excluding hydrogens is 606 g/mol. The van der Waals surface area contributed by atoms with E-state index in [0.29, 0.717) is 0 Å². The molecule has 0 aliphatic heterocycles. The number of hydrogen-bond donors (Lipinski definition) is 0. The van der Waals surface area contributed by atoms with Crippen LogP contribution in [0.3, 0.4) is 0 Å². The Balaban J connectivity index is 1.36. The summed E-state index contributed by atoms with van der Waals surface area (Å²) in [6, 6.07) is 12.0. The summed E-state index contributed by atoms with van der Waals surface area (Å²) < 4.78 is 8.23. The number of aromatic nitrogens is 2. The van der Waals surface area contributed by atoms with Gasteiger partial charge in [0.05, 0.1) is 0 Å². The third-order valence-electron chi connectivity index (χ3n) is 4.44. The Labute approximate surface area is 185 Å². The molecule has 0 spiro atoms. The molecule has 27 heavy (non-hydrogen) atoms. The Morgan fingerprint density at radius 2 is 1.15 bits per heavy atom. The number of halogens is 2. The fourth-order valence-corrected chi connectivity index (χ4v) is 8.04. The van der Waals surface area contributed by atoms with Gasteiger partial charge in [0, 0.05) is 0 Å². The standard InChI is InChI=1S/C19H16Br2N2O2Se2/c20-12-4-6-16-14(10-12)18(24)22(26-16)8-2-1-3-9-23-19(25)15-11-13(21)5-7-17(15)27-23/h4-7,10-11H,1-3,8-9H2. The second-order valence-corrected chi connectivity index (χ2v) is 12.6. The van der Waals surface area contributed by atoms with Gasteiger partial charge in [0.1, 0.15) is 0 Å². The van der Waals surface area contributed by atoms with Crippen molar-refractivity contribution in [2.45, 2.75) is 32.4 Å². The number of hydrogen-bond acceptors (Lipinski definition) is 2. The zero-order valence-corrected chi connectivity index (χ0v) is 20.9. The van der Waals surface area contributed by atoms with Crippen LogP contribution in [0.4, 0.5) is 0 Å². The summed E-state index contributed by atoms with van der Waals surface area (Å²) in [6.45, 7) is 1.61. The summed E-state index contributed by atoms with van der Waals surface area (Å²) in [5.74, 6) is 0. The van der Waals surface area contributed by atoms with Gasteiger partial charge in [-0.3, -0.25) is 0 Å². The Morgan fingerprint density at radius 3 is 1.59 bits per heavy atom. The number of aryl methyl sites for hydroxylation is 2. The van der Waals surface area contributed by atoms with Gasteiger partial charge in [0.2, 0.25) is 0 Å². The van der Waals surface area contributed by atoms with Crippen LogP contribution in [0, 0.1) is 0 Å². The van der Waals surface area contributed by atoms with Gasteiger partial charge in [-0.2, -0.15) is 0 Å². The molecule has 0 unspecified atom stereocenters. The molecule has 0 fully saturated rings. The van der Waals surface area contributed by atoms with Crippen LogP contribution >= 0.6 is 31.9 Å². The average molecular weight is 622 g/mol. The van der Waals surface area contributed by atoms with E-state index in [2.05, 4.69) is 44.0 Å². The number of rotatable bonds is 6. The normalized spacial score (nSPS) is 11.6. The van der Waals surface area contributed by atoms with E-state index >= 15 is 0 Å². The first-order valence-corrected chi connectivity index (χ1v) is 13.4. The van der Waals surface area contributed by atoms with E-state index < -0.39 is 0 Å². The molecule has 2 heterocycles. The molecule has 2 aromatic heterocycles. The molecule has 0 bridgehead atoms. The summed E-state index contributed by atoms with van der Waals surface area (Å²) in [7, 11) is 0. The van der Waals surface area contributed by atoms with Crippen molar-refractivity contribution >= 4 is 80.6 Å². The van der Waals surface area contributed by atoms with Gasteiger partial charge in [-0.15, -0.1) is 0 Å². The first kappa shape index (κ1) is 19.7. The molecule has 2 aromatic carbocycles. The van der Waals surface area contributed by atoms with E-state index in [1.54, 1.807) is 0 Å². The monoisotopic (exact) mass is 622 g/mol. The molecule has 0 saturated carbocycles. The molecular formula is C19H16Br2N2O2Se2. The van der Waals surface area contributed by atoms with Crippen molar-refractivity contribution in [2.75, 3.05) is 0 Å². The number of unbranched alkanes of at least 4 members (excludes halogenated alkanes) is 2. The topological polar surface area (TPSA) is 44.0 Å². The Morgan fingerprint density at radius 1 is 0.704 bits per heavy atom. The summed E-state index contributed by atoms with van der Waals surface area (Å²) >= 11 is 7.07. The molecule has 0 N–H and O–H groups in total. The van der Waals surface area contributed by atoms with Crippen LogP contribution in [0.25, 0.3) is 19.3 Å². The van der Waals surface area contributed by atoms with Gasteiger partial charge in [-0.25, -0.2) is 0 Å². The van der Waals surface area contributed by atoms with E-state index in [1.165, 1.54) is 8.52 Å². The van der Waals surface area contributed by atoms with Crippen molar-refractivity contribution in [1.29, 1.82) is 0 Å². The predicted octanol–water partition coefficient (Wildman–Crippen LogP) is 3.83. The third-order valence-corrected chi connectivity index (χ3v) is 10.1. The zero-order chi connectivity index (χ0) is 19.0. The van der Waals surface area contributed by atoms with E-state index in [-0.39, 0.29) is 40.6 Å². The van der Waals surface area contributed by atoms with Crippen molar-refractivity contribution < 1.29 is 0 Å². The van der Waals surface area contributed by atoms with Crippen LogP contribution in [-0.2, 0) is 13.1 Å². The van der Waals surface area contributed by atoms with Gasteiger partial charge in [-0.05, 0) is 0 Å². The van der Waals surface area contributed by atoms with Crippen LogP contribution in [0.1, 0.15) is 19.3 Å². The molecule has 4 rings (SSSR count). The van der Waals surface area contributed by atoms with Gasteiger partial charge >= 0.3 is 186 Å². The van der Waals surface area contributed by atoms with Crippen molar-refractivity contribution in [3.8, 4) is 0 Å². The minimum absolute atomic E-state index is 0.0934. The second-order valence-electron chi connectivity index (χ2n) is 6.34. The SMILES string of the molecule is O=c1c2cc(Br)ccc2[se]n1CCCCCn1[se]c2ccc(Br)cc2c1=O. The predicted molar refractivity (Wildman–Crippen MR) is 120 cm³/mol. The van der Waals surface area contributed by atoms with Crippen LogP contribution < -0.4 is 11.1 Å². The minimum atomic E-state index is 0.0934. The van der Waals surface area contributed by atoms with Crippen LogP contribution in [0.15, 0.2) is 54.9 Å². The van der Waals surface area contributed by atoms with Crippen molar-refractivity contribution in [2.24, 2.45) is 0 Å². The van der Waals surface area contributed by atoms with Gasteiger partial charge in [0.15, 0.2) is 0 Å². The third kappa shape index (κ3) is 4.21. The maximum atomic E-state index is 12.5. The first-order chi connectivity index (χ1) is 13.0. The number of benzene rings is 2. The summed E-state index contributed by atoms with van der Waals surface area (Å²) in [5, 5.41) is 1.69.